The lowest BCUT2D eigenvalue weighted by atomic mass is 10.1. The average Bonchev–Trinajstić information content (AvgIpc) is 2.47. The lowest BCUT2D eigenvalue weighted by Gasteiger charge is -2.13. The number of nitrogens with one attached hydrogen (secondary N) is 2. The van der Waals surface area contributed by atoms with Crippen LogP contribution in [0.3, 0.4) is 0 Å². The van der Waals surface area contributed by atoms with Crippen molar-refractivity contribution in [2.75, 3.05) is 33.4 Å². The van der Waals surface area contributed by atoms with Gasteiger partial charge < -0.3 is 20.1 Å². The Morgan fingerprint density at radius 1 is 1.14 bits per heavy atom. The Bertz CT molecular complexity index is 445. The van der Waals surface area contributed by atoms with Gasteiger partial charge in [0.05, 0.1) is 13.2 Å². The molecular formula is C16H28IN3O2. The van der Waals surface area contributed by atoms with E-state index in [0.717, 1.165) is 30.4 Å². The van der Waals surface area contributed by atoms with Gasteiger partial charge in [0.15, 0.2) is 5.96 Å². The maximum Gasteiger partial charge on any atom is 0.191 e. The molecule has 0 saturated carbocycles. The molecule has 0 aliphatic heterocycles. The molecule has 2 N–H and O–H groups in total. The molecule has 0 saturated heterocycles. The van der Waals surface area contributed by atoms with Gasteiger partial charge in [-0.3, -0.25) is 0 Å². The van der Waals surface area contributed by atoms with Crippen LogP contribution in [0.5, 0.6) is 5.75 Å². The van der Waals surface area contributed by atoms with E-state index in [4.69, 9.17) is 9.47 Å². The quantitative estimate of drug-likeness (QED) is 0.293. The van der Waals surface area contributed by atoms with Crippen molar-refractivity contribution in [2.24, 2.45) is 4.99 Å². The molecule has 0 unspecified atom stereocenters. The van der Waals surface area contributed by atoms with E-state index in [0.29, 0.717) is 19.8 Å². The van der Waals surface area contributed by atoms with E-state index in [2.05, 4.69) is 48.5 Å². The number of aryl methyl sites for hydroxylation is 1. The summed E-state index contributed by atoms with van der Waals surface area (Å²) in [6.07, 6.45) is 0. The first kappa shape index (κ1) is 21.0. The van der Waals surface area contributed by atoms with E-state index in [1.54, 1.807) is 7.11 Å². The third-order valence-electron chi connectivity index (χ3n) is 2.86. The highest BCUT2D eigenvalue weighted by molar-refractivity contribution is 14.0. The minimum Gasteiger partial charge on any atom is -0.491 e. The molecule has 0 aliphatic carbocycles. The largest absolute Gasteiger partial charge is 0.491 e. The van der Waals surface area contributed by atoms with Gasteiger partial charge in [-0.15, -0.1) is 24.0 Å². The molecule has 1 aromatic carbocycles. The molecule has 0 aromatic heterocycles. The zero-order chi connectivity index (χ0) is 15.5. The van der Waals surface area contributed by atoms with Crippen molar-refractivity contribution >= 4 is 29.9 Å². The van der Waals surface area contributed by atoms with E-state index >= 15 is 0 Å². The lowest BCUT2D eigenvalue weighted by Crippen LogP contribution is -2.36. The van der Waals surface area contributed by atoms with Gasteiger partial charge in [-0.2, -0.15) is 0 Å². The smallest absolute Gasteiger partial charge is 0.191 e. The fraction of sp³-hybridized carbons (Fsp3) is 0.562. The van der Waals surface area contributed by atoms with Gasteiger partial charge in [-0.05, 0) is 32.4 Å². The normalized spacial score (nSPS) is 9.64. The van der Waals surface area contributed by atoms with E-state index < -0.39 is 0 Å². The lowest BCUT2D eigenvalue weighted by molar-refractivity contribution is 0.146. The monoisotopic (exact) mass is 421 g/mol. The van der Waals surface area contributed by atoms with Gasteiger partial charge in [0.25, 0.3) is 0 Å². The first-order valence-electron chi connectivity index (χ1n) is 7.44. The van der Waals surface area contributed by atoms with Crippen LogP contribution in [0.1, 0.15) is 25.0 Å². The standard InChI is InChI=1S/C16H27N3O2.HI/c1-5-17-16(18-6-2)19-12-14-8-7-13(3)11-15(14)21-10-9-20-4;/h7-8,11H,5-6,9-10,12H2,1-4H3,(H2,17,18,19);1H. The number of guanidine groups is 1. The Morgan fingerprint density at radius 2 is 1.82 bits per heavy atom. The highest BCUT2D eigenvalue weighted by Crippen LogP contribution is 2.21. The number of rotatable bonds is 8. The first-order chi connectivity index (χ1) is 10.2. The predicted molar refractivity (Wildman–Crippen MR) is 102 cm³/mol. The van der Waals surface area contributed by atoms with Crippen molar-refractivity contribution in [3.8, 4) is 5.75 Å². The zero-order valence-electron chi connectivity index (χ0n) is 13.9. The Kier molecular flexibility index (Phi) is 11.9. The number of nitrogens with zero attached hydrogens (tertiary/aromatic N) is 1. The number of hydrogen-bond acceptors (Lipinski definition) is 3. The summed E-state index contributed by atoms with van der Waals surface area (Å²) < 4.78 is 10.8. The van der Waals surface area contributed by atoms with Crippen LogP contribution in [-0.4, -0.2) is 39.4 Å². The molecule has 0 spiro atoms. The second-order valence-electron chi connectivity index (χ2n) is 4.68. The molecule has 0 bridgehead atoms. The number of benzene rings is 1. The molecule has 0 fully saturated rings. The topological polar surface area (TPSA) is 54.9 Å². The molecule has 0 aliphatic rings. The van der Waals surface area contributed by atoms with Gasteiger partial charge in [-0.25, -0.2) is 4.99 Å². The second kappa shape index (κ2) is 12.5. The molecule has 5 nitrogen and oxygen atoms in total. The molecule has 0 amide bonds. The minimum atomic E-state index is 0. The summed E-state index contributed by atoms with van der Waals surface area (Å²) in [4.78, 5) is 4.58. The van der Waals surface area contributed by atoms with Crippen LogP contribution >= 0.6 is 24.0 Å². The summed E-state index contributed by atoms with van der Waals surface area (Å²) in [7, 11) is 1.67. The van der Waals surface area contributed by atoms with Gasteiger partial charge in [0.2, 0.25) is 0 Å². The molecule has 0 heterocycles. The van der Waals surface area contributed by atoms with Gasteiger partial charge in [0, 0.05) is 25.8 Å². The van der Waals surface area contributed by atoms with Crippen molar-refractivity contribution in [2.45, 2.75) is 27.3 Å². The maximum absolute atomic E-state index is 5.78. The maximum atomic E-state index is 5.78. The highest BCUT2D eigenvalue weighted by Gasteiger charge is 2.05. The molecular weight excluding hydrogens is 393 g/mol. The van der Waals surface area contributed by atoms with E-state index in [1.807, 2.05) is 6.07 Å². The zero-order valence-corrected chi connectivity index (χ0v) is 16.3. The average molecular weight is 421 g/mol. The molecule has 1 aromatic rings. The Hall–Kier alpha value is -1.02. The molecule has 22 heavy (non-hydrogen) atoms. The van der Waals surface area contributed by atoms with Crippen LogP contribution in [0.25, 0.3) is 0 Å². The Balaban J connectivity index is 0.00000441. The SMILES string of the molecule is CCNC(=NCc1ccc(C)cc1OCCOC)NCC.I. The predicted octanol–water partition coefficient (Wildman–Crippen LogP) is 2.71. The Morgan fingerprint density at radius 3 is 2.41 bits per heavy atom. The van der Waals surface area contributed by atoms with Crippen LogP contribution in [0.2, 0.25) is 0 Å². The third-order valence-corrected chi connectivity index (χ3v) is 2.86. The van der Waals surface area contributed by atoms with Crippen molar-refractivity contribution in [3.63, 3.8) is 0 Å². The number of hydrogen-bond donors (Lipinski definition) is 2. The van der Waals surface area contributed by atoms with Crippen LogP contribution in [0, 0.1) is 6.92 Å². The molecule has 1 rings (SSSR count). The Labute approximate surface area is 150 Å². The molecule has 0 atom stereocenters. The van der Waals surface area contributed by atoms with E-state index in [9.17, 15) is 0 Å². The third kappa shape index (κ3) is 7.84. The van der Waals surface area contributed by atoms with E-state index in [-0.39, 0.29) is 24.0 Å². The molecule has 6 heteroatoms. The van der Waals surface area contributed by atoms with Gasteiger partial charge in [0.1, 0.15) is 12.4 Å². The summed E-state index contributed by atoms with van der Waals surface area (Å²) in [6, 6.07) is 6.19. The highest BCUT2D eigenvalue weighted by atomic mass is 127. The summed E-state index contributed by atoms with van der Waals surface area (Å²) >= 11 is 0. The van der Waals surface area contributed by atoms with Gasteiger partial charge in [-0.1, -0.05) is 12.1 Å². The van der Waals surface area contributed by atoms with Crippen molar-refractivity contribution in [1.29, 1.82) is 0 Å². The summed E-state index contributed by atoms with van der Waals surface area (Å²) in [6.45, 7) is 9.56. The van der Waals surface area contributed by atoms with Crippen molar-refractivity contribution < 1.29 is 9.47 Å². The first-order valence-corrected chi connectivity index (χ1v) is 7.44. The van der Waals surface area contributed by atoms with Gasteiger partial charge >= 0.3 is 0 Å². The van der Waals surface area contributed by atoms with Crippen LogP contribution in [0.4, 0.5) is 0 Å². The van der Waals surface area contributed by atoms with Crippen molar-refractivity contribution in [1.82, 2.24) is 10.6 Å². The van der Waals surface area contributed by atoms with Crippen LogP contribution in [0.15, 0.2) is 23.2 Å². The summed E-state index contributed by atoms with van der Waals surface area (Å²) in [5.41, 5.74) is 2.25. The number of ether oxygens (including phenoxy) is 2. The number of aliphatic imine (C=N–C) groups is 1. The van der Waals surface area contributed by atoms with Crippen molar-refractivity contribution in [3.05, 3.63) is 29.3 Å². The fourth-order valence-corrected chi connectivity index (χ4v) is 1.84. The minimum absolute atomic E-state index is 0. The summed E-state index contributed by atoms with van der Waals surface area (Å²) in [5.74, 6) is 1.70. The number of halogens is 1. The molecule has 126 valence electrons. The fourth-order valence-electron chi connectivity index (χ4n) is 1.84. The van der Waals surface area contributed by atoms with Crippen LogP contribution in [-0.2, 0) is 11.3 Å². The molecule has 0 radical (unpaired) electrons. The second-order valence-corrected chi connectivity index (χ2v) is 4.68. The van der Waals surface area contributed by atoms with Crippen LogP contribution < -0.4 is 15.4 Å². The van der Waals surface area contributed by atoms with E-state index in [1.165, 1.54) is 5.56 Å². The summed E-state index contributed by atoms with van der Waals surface area (Å²) in [5, 5.41) is 6.43. The number of methoxy groups -OCH3 is 1.